The van der Waals surface area contributed by atoms with Gasteiger partial charge in [0.05, 0.1) is 22.5 Å². The molecule has 8 rings (SSSR count). The van der Waals surface area contributed by atoms with E-state index in [1.54, 1.807) is 36.0 Å². The van der Waals surface area contributed by atoms with Crippen molar-refractivity contribution in [3.8, 4) is 5.75 Å². The van der Waals surface area contributed by atoms with Crippen LogP contribution in [0.25, 0.3) is 0 Å². The molecule has 3 aromatic carbocycles. The number of aromatic nitrogens is 1. The summed E-state index contributed by atoms with van der Waals surface area (Å²) in [7, 11) is 0. The summed E-state index contributed by atoms with van der Waals surface area (Å²) in [5, 5.41) is 1.57. The third kappa shape index (κ3) is 3.87. The number of anilines is 1. The Bertz CT molecular complexity index is 1740. The number of aromatic amines is 1. The Balaban J connectivity index is 1.19. The SMILES string of the molecule is O=C1C2C(C(=O)N1c1ccc(Cl)cc1)[C@@H]1C[C@H]2C2Sc3[nH]c(=O)sc3C(c3ccccc3OCc3ccccc3)C21. The first kappa shape index (κ1) is 25.4. The number of fused-ring (bicyclic) bond motifs is 9. The normalized spacial score (nSPS) is 29.4. The Morgan fingerprint density at radius 3 is 2.37 bits per heavy atom. The van der Waals surface area contributed by atoms with Gasteiger partial charge in [0.1, 0.15) is 12.4 Å². The second kappa shape index (κ2) is 9.61. The van der Waals surface area contributed by atoms with E-state index in [4.69, 9.17) is 16.3 Å². The molecule has 5 unspecified atom stereocenters. The molecule has 206 valence electrons. The highest BCUT2D eigenvalue weighted by atomic mass is 35.5. The molecular weight excluding hydrogens is 576 g/mol. The molecule has 2 aliphatic carbocycles. The minimum absolute atomic E-state index is 0.0359. The van der Waals surface area contributed by atoms with E-state index >= 15 is 0 Å². The monoisotopic (exact) mass is 600 g/mol. The lowest BCUT2D eigenvalue weighted by Crippen LogP contribution is -2.42. The number of thioether (sulfide) groups is 1. The number of imide groups is 1. The number of nitrogens with one attached hydrogen (secondary N) is 1. The number of hydrogen-bond acceptors (Lipinski definition) is 6. The molecule has 0 spiro atoms. The predicted molar refractivity (Wildman–Crippen MR) is 160 cm³/mol. The number of hydrogen-bond donors (Lipinski definition) is 1. The maximum absolute atomic E-state index is 14.0. The fourth-order valence-electron chi connectivity index (χ4n) is 7.81. The van der Waals surface area contributed by atoms with Gasteiger partial charge in [-0.05, 0) is 60.1 Å². The van der Waals surface area contributed by atoms with E-state index in [2.05, 4.69) is 11.1 Å². The molecule has 2 bridgehead atoms. The number of halogens is 1. The van der Waals surface area contributed by atoms with Crippen LogP contribution < -0.4 is 14.5 Å². The van der Waals surface area contributed by atoms with E-state index in [-0.39, 0.29) is 57.4 Å². The topological polar surface area (TPSA) is 79.5 Å². The zero-order valence-corrected chi connectivity index (χ0v) is 24.1. The number of rotatable bonds is 5. The average Bonchev–Trinajstić information content (AvgIpc) is 3.72. The van der Waals surface area contributed by atoms with Gasteiger partial charge in [-0.15, -0.1) is 11.8 Å². The van der Waals surface area contributed by atoms with Gasteiger partial charge in [0.25, 0.3) is 0 Å². The first-order chi connectivity index (χ1) is 20.0. The maximum atomic E-state index is 14.0. The lowest BCUT2D eigenvalue weighted by atomic mass is 9.68. The zero-order valence-electron chi connectivity index (χ0n) is 21.7. The smallest absolute Gasteiger partial charge is 0.305 e. The molecular formula is C32H25ClN2O4S2. The number of benzene rings is 3. The molecule has 7 atom stereocenters. The highest BCUT2D eigenvalue weighted by Crippen LogP contribution is 2.69. The predicted octanol–water partition coefficient (Wildman–Crippen LogP) is 6.35. The fraction of sp³-hybridized carbons (Fsp3) is 0.281. The van der Waals surface area contributed by atoms with Gasteiger partial charge in [0, 0.05) is 26.6 Å². The molecule has 2 saturated carbocycles. The number of H-pyrrole nitrogens is 1. The van der Waals surface area contributed by atoms with Gasteiger partial charge in [0.15, 0.2) is 0 Å². The summed E-state index contributed by atoms with van der Waals surface area (Å²) in [6, 6.07) is 25.0. The summed E-state index contributed by atoms with van der Waals surface area (Å²) < 4.78 is 6.41. The Labute approximate surface area is 249 Å². The van der Waals surface area contributed by atoms with E-state index in [1.165, 1.54) is 16.2 Å². The minimum Gasteiger partial charge on any atom is -0.489 e. The van der Waals surface area contributed by atoms with E-state index in [9.17, 15) is 14.4 Å². The van der Waals surface area contributed by atoms with Crippen molar-refractivity contribution in [3.05, 3.63) is 110 Å². The van der Waals surface area contributed by atoms with E-state index in [0.29, 0.717) is 17.3 Å². The molecule has 2 aliphatic heterocycles. The van der Waals surface area contributed by atoms with E-state index in [1.807, 2.05) is 48.5 Å². The molecule has 3 heterocycles. The van der Waals surface area contributed by atoms with Gasteiger partial charge in [-0.3, -0.25) is 19.3 Å². The second-order valence-electron chi connectivity index (χ2n) is 11.3. The van der Waals surface area contributed by atoms with Crippen LogP contribution in [0.15, 0.2) is 88.7 Å². The number of ether oxygens (including phenoxy) is 1. The van der Waals surface area contributed by atoms with Crippen molar-refractivity contribution in [1.29, 1.82) is 0 Å². The van der Waals surface area contributed by atoms with E-state index < -0.39 is 0 Å². The summed E-state index contributed by atoms with van der Waals surface area (Å²) in [6.45, 7) is 0.434. The Hall–Kier alpha value is -3.33. The van der Waals surface area contributed by atoms with Crippen molar-refractivity contribution in [3.63, 3.8) is 0 Å². The second-order valence-corrected chi connectivity index (χ2v) is 13.9. The van der Waals surface area contributed by atoms with Crippen molar-refractivity contribution in [1.82, 2.24) is 4.98 Å². The van der Waals surface area contributed by atoms with Gasteiger partial charge < -0.3 is 9.72 Å². The highest BCUT2D eigenvalue weighted by Gasteiger charge is 2.69. The van der Waals surface area contributed by atoms with Gasteiger partial charge in [-0.25, -0.2) is 0 Å². The molecule has 9 heteroatoms. The van der Waals surface area contributed by atoms with Gasteiger partial charge >= 0.3 is 4.87 Å². The highest BCUT2D eigenvalue weighted by molar-refractivity contribution is 8.00. The van der Waals surface area contributed by atoms with Crippen molar-refractivity contribution in [2.75, 3.05) is 4.90 Å². The molecule has 6 nitrogen and oxygen atoms in total. The Kier molecular flexibility index (Phi) is 5.95. The zero-order chi connectivity index (χ0) is 27.8. The largest absolute Gasteiger partial charge is 0.489 e. The van der Waals surface area contributed by atoms with Crippen LogP contribution in [0, 0.1) is 29.6 Å². The summed E-state index contributed by atoms with van der Waals surface area (Å²) in [4.78, 5) is 45.8. The number of carbonyl (C=O) groups excluding carboxylic acids is 2. The van der Waals surface area contributed by atoms with Crippen LogP contribution >= 0.6 is 34.7 Å². The molecule has 4 aliphatic rings. The van der Waals surface area contributed by atoms with Gasteiger partial charge in [-0.2, -0.15) is 0 Å². The molecule has 3 fully saturated rings. The van der Waals surface area contributed by atoms with Gasteiger partial charge in [-0.1, -0.05) is 71.5 Å². The lowest BCUT2D eigenvalue weighted by Gasteiger charge is -2.43. The summed E-state index contributed by atoms with van der Waals surface area (Å²) in [5.74, 6) is -0.0329. The molecule has 2 amide bonds. The van der Waals surface area contributed by atoms with Crippen LogP contribution in [0.3, 0.4) is 0 Å². The number of para-hydroxylation sites is 1. The van der Waals surface area contributed by atoms with Crippen LogP contribution in [0.5, 0.6) is 5.75 Å². The standard InChI is InChI=1S/C32H25ClN2O4S2/c33-17-10-12-18(13-11-17)35-30(36)25-20-14-21(26(25)31(35)37)27-24(20)23(28-29(40-27)34-32(38)41-28)19-8-4-5-9-22(19)39-15-16-6-2-1-3-7-16/h1-13,20-21,23-27H,14-15H2,(H,34,38)/t20-,21-,23?,24?,25?,26?,27?/m1/s1. The first-order valence-electron chi connectivity index (χ1n) is 13.8. The summed E-state index contributed by atoms with van der Waals surface area (Å²) >= 11 is 9.04. The molecule has 1 N–H and O–H groups in total. The molecule has 4 aromatic rings. The van der Waals surface area contributed by atoms with Crippen LogP contribution in [0.4, 0.5) is 5.69 Å². The molecule has 0 radical (unpaired) electrons. The van der Waals surface area contributed by atoms with Gasteiger partial charge in [0.2, 0.25) is 11.8 Å². The molecule has 1 saturated heterocycles. The third-order valence-corrected chi connectivity index (χ3v) is 12.1. The van der Waals surface area contributed by atoms with E-state index in [0.717, 1.165) is 33.2 Å². The van der Waals surface area contributed by atoms with Crippen molar-refractivity contribution >= 4 is 52.2 Å². The quantitative estimate of drug-likeness (QED) is 0.270. The third-order valence-electron chi connectivity index (χ3n) is 9.30. The molecule has 41 heavy (non-hydrogen) atoms. The van der Waals surface area contributed by atoms with Crippen LogP contribution in [-0.2, 0) is 16.2 Å². The lowest BCUT2D eigenvalue weighted by molar-refractivity contribution is -0.123. The number of nitrogens with zero attached hydrogens (tertiary/aromatic N) is 1. The van der Waals surface area contributed by atoms with Crippen molar-refractivity contribution < 1.29 is 14.3 Å². The number of carbonyl (C=O) groups is 2. The Morgan fingerprint density at radius 2 is 1.59 bits per heavy atom. The van der Waals surface area contributed by atoms with Crippen LogP contribution in [0.1, 0.15) is 28.3 Å². The Morgan fingerprint density at radius 1 is 0.878 bits per heavy atom. The first-order valence-corrected chi connectivity index (χ1v) is 15.9. The number of amides is 2. The minimum atomic E-state index is -0.359. The summed E-state index contributed by atoms with van der Waals surface area (Å²) in [5.41, 5.74) is 2.69. The average molecular weight is 601 g/mol. The molecule has 1 aromatic heterocycles. The van der Waals surface area contributed by atoms with Crippen molar-refractivity contribution in [2.45, 2.75) is 29.2 Å². The van der Waals surface area contributed by atoms with Crippen LogP contribution in [-0.4, -0.2) is 22.0 Å². The van der Waals surface area contributed by atoms with Crippen molar-refractivity contribution in [2.24, 2.45) is 29.6 Å². The summed E-state index contributed by atoms with van der Waals surface area (Å²) in [6.07, 6.45) is 0.840. The fourth-order valence-corrected chi connectivity index (χ4v) is 10.8. The maximum Gasteiger partial charge on any atom is 0.305 e. The van der Waals surface area contributed by atoms with Crippen LogP contribution in [0.2, 0.25) is 5.02 Å². The number of thiazole rings is 1.